The molecule has 3 aromatic carbocycles. The maximum Gasteiger partial charge on any atom is 0.231 e. The maximum absolute atomic E-state index is 5.85. The second kappa shape index (κ2) is 12.4. The average molecular weight is 606 g/mol. The van der Waals surface area contributed by atoms with E-state index >= 15 is 0 Å². The number of methoxy groups -OCH3 is 2. The topological polar surface area (TPSA) is 52.8 Å². The number of pyridine rings is 1. The first kappa shape index (κ1) is 28.1. The summed E-state index contributed by atoms with van der Waals surface area (Å²) in [6.07, 6.45) is 8.93. The molecule has 2 aliphatic rings. The number of hydrogen-bond acceptors (Lipinski definition) is 5. The largest absolute Gasteiger partial charge is 1.00 e. The fourth-order valence-electron chi connectivity index (χ4n) is 5.91. The smallest absolute Gasteiger partial charge is 0.231 e. The minimum absolute atomic E-state index is 0. The van der Waals surface area contributed by atoms with E-state index in [9.17, 15) is 0 Å². The summed E-state index contributed by atoms with van der Waals surface area (Å²) in [6, 6.07) is 17.1. The third kappa shape index (κ3) is 5.31. The third-order valence-electron chi connectivity index (χ3n) is 7.96. The number of halogens is 1. The Kier molecular flexibility index (Phi) is 8.69. The van der Waals surface area contributed by atoms with Gasteiger partial charge < -0.3 is 41.2 Å². The van der Waals surface area contributed by atoms with Gasteiger partial charge in [-0.05, 0) is 53.9 Å². The minimum atomic E-state index is 0. The number of nitrogens with one attached hydrogen (secondary N) is 1. The summed E-state index contributed by atoms with van der Waals surface area (Å²) in [6.45, 7) is 4.36. The zero-order valence-corrected chi connectivity index (χ0v) is 25.1. The van der Waals surface area contributed by atoms with Crippen molar-refractivity contribution >= 4 is 16.5 Å². The summed E-state index contributed by atoms with van der Waals surface area (Å²) < 4.78 is 25.2. The normalized spacial score (nSPS) is 12.9. The molecule has 0 aliphatic carbocycles. The van der Waals surface area contributed by atoms with Crippen LogP contribution >= 0.6 is 0 Å². The molecule has 0 bridgehead atoms. The van der Waals surface area contributed by atoms with E-state index in [1.54, 1.807) is 14.2 Å². The Hall–Kier alpha value is -3.45. The highest BCUT2D eigenvalue weighted by Crippen LogP contribution is 2.43. The number of nitrogens with zero attached hydrogens (tertiary/aromatic N) is 1. The molecule has 1 aromatic heterocycles. The SMILES string of the molecule is CCCCCCNc1c(OC)ccc2c(Cc3ccc(OC)cc3)c3[n+](cc12)CCc1cc2c(cc1-3)OCO2.[Br-]. The van der Waals surface area contributed by atoms with Gasteiger partial charge in [0.2, 0.25) is 12.5 Å². The maximum atomic E-state index is 5.85. The Morgan fingerprint density at radius 1 is 0.900 bits per heavy atom. The quantitative estimate of drug-likeness (QED) is 0.221. The number of unbranched alkanes of at least 4 members (excludes halogenated alkanes) is 3. The van der Waals surface area contributed by atoms with Gasteiger partial charge in [-0.1, -0.05) is 38.3 Å². The molecule has 1 N–H and O–H groups in total. The fraction of sp³-hybridized carbons (Fsp3) is 0.364. The van der Waals surface area contributed by atoms with Crippen molar-refractivity contribution in [1.82, 2.24) is 0 Å². The van der Waals surface area contributed by atoms with Gasteiger partial charge in [0, 0.05) is 30.3 Å². The van der Waals surface area contributed by atoms with Crippen molar-refractivity contribution in [1.29, 1.82) is 0 Å². The highest BCUT2D eigenvalue weighted by atomic mass is 79.9. The zero-order chi connectivity index (χ0) is 26.8. The van der Waals surface area contributed by atoms with E-state index in [0.29, 0.717) is 0 Å². The molecule has 0 radical (unpaired) electrons. The van der Waals surface area contributed by atoms with E-state index in [1.807, 2.05) is 12.1 Å². The average Bonchev–Trinajstić information content (AvgIpc) is 3.43. The van der Waals surface area contributed by atoms with E-state index in [0.717, 1.165) is 61.0 Å². The van der Waals surface area contributed by atoms with Crippen LogP contribution in [-0.4, -0.2) is 27.6 Å². The van der Waals surface area contributed by atoms with Crippen molar-refractivity contribution < 1.29 is 40.5 Å². The van der Waals surface area contributed by atoms with Gasteiger partial charge in [-0.15, -0.1) is 0 Å². The number of aromatic nitrogens is 1. The third-order valence-corrected chi connectivity index (χ3v) is 7.96. The molecule has 0 unspecified atom stereocenters. The van der Waals surface area contributed by atoms with Crippen molar-refractivity contribution in [2.45, 2.75) is 52.0 Å². The van der Waals surface area contributed by atoms with Gasteiger partial charge in [0.1, 0.15) is 11.5 Å². The van der Waals surface area contributed by atoms with Crippen molar-refractivity contribution in [3.63, 3.8) is 0 Å². The lowest BCUT2D eigenvalue weighted by Crippen LogP contribution is -3.00. The van der Waals surface area contributed by atoms with Gasteiger partial charge in [-0.3, -0.25) is 0 Å². The minimum Gasteiger partial charge on any atom is -1.00 e. The lowest BCUT2D eigenvalue weighted by molar-refractivity contribution is -0.686. The van der Waals surface area contributed by atoms with Crippen LogP contribution in [0.3, 0.4) is 0 Å². The van der Waals surface area contributed by atoms with Crippen LogP contribution in [0.5, 0.6) is 23.0 Å². The van der Waals surface area contributed by atoms with Crippen LogP contribution in [0.15, 0.2) is 54.7 Å². The predicted molar refractivity (Wildman–Crippen MR) is 154 cm³/mol. The first-order chi connectivity index (χ1) is 19.2. The number of anilines is 1. The number of benzene rings is 3. The predicted octanol–water partition coefficient (Wildman–Crippen LogP) is 3.68. The lowest BCUT2D eigenvalue weighted by Gasteiger charge is -2.22. The van der Waals surface area contributed by atoms with Crippen LogP contribution in [0.25, 0.3) is 22.0 Å². The van der Waals surface area contributed by atoms with Crippen LogP contribution in [-0.2, 0) is 19.4 Å². The Balaban J connectivity index is 0.00000323. The van der Waals surface area contributed by atoms with Gasteiger partial charge in [0.05, 0.1) is 30.9 Å². The molecule has 210 valence electrons. The molecule has 4 aromatic rings. The Morgan fingerprint density at radius 3 is 2.45 bits per heavy atom. The summed E-state index contributed by atoms with van der Waals surface area (Å²) in [5.41, 5.74) is 7.39. The molecule has 0 amide bonds. The van der Waals surface area contributed by atoms with Crippen molar-refractivity contribution in [2.75, 3.05) is 32.9 Å². The molecule has 7 heteroatoms. The first-order valence-corrected chi connectivity index (χ1v) is 14.1. The van der Waals surface area contributed by atoms with Gasteiger partial charge in [-0.25, -0.2) is 0 Å². The van der Waals surface area contributed by atoms with Gasteiger partial charge in [0.25, 0.3) is 0 Å². The number of rotatable bonds is 10. The van der Waals surface area contributed by atoms with E-state index in [-0.39, 0.29) is 23.8 Å². The van der Waals surface area contributed by atoms with Crippen LogP contribution in [0.4, 0.5) is 5.69 Å². The number of hydrogen-bond donors (Lipinski definition) is 1. The Labute approximate surface area is 247 Å². The van der Waals surface area contributed by atoms with Crippen molar-refractivity contribution in [3.8, 4) is 34.3 Å². The summed E-state index contributed by atoms with van der Waals surface area (Å²) in [5.74, 6) is 3.42. The molecule has 3 heterocycles. The molecule has 0 saturated heterocycles. The second-order valence-corrected chi connectivity index (χ2v) is 10.4. The standard InChI is InChI=1S/C33H36N2O4.BrH/c1-4-5-6-7-15-34-32-28-20-35-16-14-23-18-30-31(39-21-38-30)19-26(23)33(35)27(25(28)12-13-29(32)37-3)17-22-8-10-24(36-2)11-9-22;/h8-13,18-20H,4-7,14-17,21H2,1-3H3;1H. The fourth-order valence-corrected chi connectivity index (χ4v) is 5.91. The van der Waals surface area contributed by atoms with Crippen molar-refractivity contribution in [2.24, 2.45) is 0 Å². The zero-order valence-electron chi connectivity index (χ0n) is 23.5. The molecule has 0 atom stereocenters. The number of fused-ring (bicyclic) bond motifs is 5. The van der Waals surface area contributed by atoms with Gasteiger partial charge in [-0.2, -0.15) is 4.57 Å². The molecule has 0 saturated carbocycles. The number of ether oxygens (including phenoxy) is 4. The molecule has 6 nitrogen and oxygen atoms in total. The van der Waals surface area contributed by atoms with Crippen LogP contribution < -0.4 is 45.8 Å². The van der Waals surface area contributed by atoms with Gasteiger partial charge in [0.15, 0.2) is 24.2 Å². The Morgan fingerprint density at radius 2 is 1.70 bits per heavy atom. The summed E-state index contributed by atoms with van der Waals surface area (Å²) in [7, 11) is 3.46. The summed E-state index contributed by atoms with van der Waals surface area (Å²) >= 11 is 0. The highest BCUT2D eigenvalue weighted by Gasteiger charge is 2.32. The molecule has 40 heavy (non-hydrogen) atoms. The van der Waals surface area contributed by atoms with E-state index < -0.39 is 0 Å². The van der Waals surface area contributed by atoms with E-state index in [1.165, 1.54) is 58.0 Å². The molecule has 6 rings (SSSR count). The van der Waals surface area contributed by atoms with E-state index in [4.69, 9.17) is 18.9 Å². The Bertz CT molecular complexity index is 1500. The van der Waals surface area contributed by atoms with Crippen LogP contribution in [0.1, 0.15) is 49.3 Å². The molecule has 2 aliphatic heterocycles. The molecule has 0 spiro atoms. The second-order valence-electron chi connectivity index (χ2n) is 10.4. The highest BCUT2D eigenvalue weighted by molar-refractivity contribution is 6.00. The monoisotopic (exact) mass is 604 g/mol. The van der Waals surface area contributed by atoms with E-state index in [2.05, 4.69) is 59.4 Å². The molecular formula is C33H37BrN2O4. The summed E-state index contributed by atoms with van der Waals surface area (Å²) in [5, 5.41) is 6.17. The summed E-state index contributed by atoms with van der Waals surface area (Å²) in [4.78, 5) is 0. The van der Waals surface area contributed by atoms with Crippen molar-refractivity contribution in [3.05, 3.63) is 71.4 Å². The van der Waals surface area contributed by atoms with Crippen LogP contribution in [0, 0.1) is 0 Å². The molecular weight excluding hydrogens is 568 g/mol. The van der Waals surface area contributed by atoms with Crippen LogP contribution in [0.2, 0.25) is 0 Å². The first-order valence-electron chi connectivity index (χ1n) is 14.1. The van der Waals surface area contributed by atoms with Gasteiger partial charge >= 0.3 is 0 Å². The number of aryl methyl sites for hydroxylation is 2. The lowest BCUT2D eigenvalue weighted by atomic mass is 9.88. The molecule has 0 fully saturated rings.